The van der Waals surface area contributed by atoms with E-state index in [4.69, 9.17) is 4.42 Å². The highest BCUT2D eigenvalue weighted by Gasteiger charge is 2.14. The molecule has 0 aliphatic carbocycles. The number of nitro groups is 1. The number of aromatic hydroxyl groups is 1. The number of phenols is 1. The predicted molar refractivity (Wildman–Crippen MR) is 65.5 cm³/mol. The van der Waals surface area contributed by atoms with Gasteiger partial charge in [-0.15, -0.1) is 0 Å². The maximum absolute atomic E-state index is 10.8. The first-order valence-corrected chi connectivity index (χ1v) is 5.32. The lowest BCUT2D eigenvalue weighted by Gasteiger charge is -2.06. The Balaban J connectivity index is 2.19. The molecule has 0 unspecified atom stereocenters. The van der Waals surface area contributed by atoms with E-state index in [1.165, 1.54) is 12.1 Å². The molecule has 0 aliphatic heterocycles. The van der Waals surface area contributed by atoms with E-state index in [2.05, 4.69) is 5.32 Å². The zero-order chi connectivity index (χ0) is 13.1. The average Bonchev–Trinajstić information content (AvgIpc) is 2.73. The number of phenolic OH excluding ortho intramolecular Hbond substituents is 1. The molecule has 0 fully saturated rings. The molecule has 94 valence electrons. The lowest BCUT2D eigenvalue weighted by atomic mass is 10.2. The Morgan fingerprint density at radius 1 is 1.44 bits per heavy atom. The van der Waals surface area contributed by atoms with Gasteiger partial charge in [0, 0.05) is 0 Å². The average molecular weight is 248 g/mol. The van der Waals surface area contributed by atoms with E-state index >= 15 is 0 Å². The minimum absolute atomic E-state index is 0.138. The van der Waals surface area contributed by atoms with E-state index in [0.29, 0.717) is 12.2 Å². The van der Waals surface area contributed by atoms with Crippen molar-refractivity contribution in [3.8, 4) is 5.75 Å². The molecule has 0 spiro atoms. The number of furan rings is 1. The van der Waals surface area contributed by atoms with Crippen LogP contribution in [0.4, 0.5) is 11.4 Å². The fraction of sp³-hybridized carbons (Fsp3) is 0.167. The van der Waals surface area contributed by atoms with Gasteiger partial charge in [0.2, 0.25) is 0 Å². The van der Waals surface area contributed by atoms with Gasteiger partial charge in [0.1, 0.15) is 17.2 Å². The summed E-state index contributed by atoms with van der Waals surface area (Å²) in [4.78, 5) is 10.3. The van der Waals surface area contributed by atoms with Crippen molar-refractivity contribution in [2.75, 3.05) is 5.32 Å². The van der Waals surface area contributed by atoms with Gasteiger partial charge in [-0.1, -0.05) is 0 Å². The molecule has 0 atom stereocenters. The number of nitro benzene ring substituents is 1. The highest BCUT2D eigenvalue weighted by atomic mass is 16.6. The molecule has 1 heterocycles. The fourth-order valence-corrected chi connectivity index (χ4v) is 1.58. The van der Waals surface area contributed by atoms with Gasteiger partial charge in [-0.25, -0.2) is 0 Å². The van der Waals surface area contributed by atoms with Crippen molar-refractivity contribution in [2.24, 2.45) is 0 Å². The van der Waals surface area contributed by atoms with Crippen LogP contribution in [0.3, 0.4) is 0 Å². The van der Waals surface area contributed by atoms with Gasteiger partial charge in [0.05, 0.1) is 23.8 Å². The highest BCUT2D eigenvalue weighted by Crippen LogP contribution is 2.28. The second-order valence-electron chi connectivity index (χ2n) is 3.84. The number of hydrogen-bond acceptors (Lipinski definition) is 5. The second-order valence-corrected chi connectivity index (χ2v) is 3.84. The molecule has 6 nitrogen and oxygen atoms in total. The summed E-state index contributed by atoms with van der Waals surface area (Å²) in [5.74, 6) is 0.582. The molecule has 1 aromatic carbocycles. The minimum Gasteiger partial charge on any atom is -0.508 e. The Kier molecular flexibility index (Phi) is 3.18. The molecule has 18 heavy (non-hydrogen) atoms. The van der Waals surface area contributed by atoms with Crippen LogP contribution in [-0.2, 0) is 6.54 Å². The van der Waals surface area contributed by atoms with Crippen molar-refractivity contribution in [3.63, 3.8) is 0 Å². The van der Waals surface area contributed by atoms with Gasteiger partial charge in [-0.3, -0.25) is 10.1 Å². The van der Waals surface area contributed by atoms with Crippen LogP contribution < -0.4 is 5.32 Å². The molecule has 0 saturated heterocycles. The van der Waals surface area contributed by atoms with Gasteiger partial charge in [-0.2, -0.15) is 0 Å². The van der Waals surface area contributed by atoms with Crippen LogP contribution in [0.1, 0.15) is 11.3 Å². The lowest BCUT2D eigenvalue weighted by molar-refractivity contribution is -0.384. The van der Waals surface area contributed by atoms with Crippen molar-refractivity contribution in [2.45, 2.75) is 13.5 Å². The van der Waals surface area contributed by atoms with E-state index < -0.39 is 4.92 Å². The fourth-order valence-electron chi connectivity index (χ4n) is 1.58. The summed E-state index contributed by atoms with van der Waals surface area (Å²) >= 11 is 0. The van der Waals surface area contributed by atoms with Crippen LogP contribution in [0, 0.1) is 17.0 Å². The Labute approximate surface area is 103 Å². The topological polar surface area (TPSA) is 88.5 Å². The van der Waals surface area contributed by atoms with Crippen molar-refractivity contribution in [1.29, 1.82) is 0 Å². The maximum Gasteiger partial charge on any atom is 0.296 e. The molecular formula is C12H12N2O4. The van der Waals surface area contributed by atoms with Crippen LogP contribution in [0.25, 0.3) is 0 Å². The Bertz CT molecular complexity index is 577. The third-order valence-corrected chi connectivity index (χ3v) is 2.59. The molecule has 0 aliphatic rings. The van der Waals surface area contributed by atoms with Crippen molar-refractivity contribution in [1.82, 2.24) is 0 Å². The molecule has 2 aromatic rings. The molecule has 2 N–H and O–H groups in total. The van der Waals surface area contributed by atoms with Crippen molar-refractivity contribution < 1.29 is 14.4 Å². The molecule has 6 heteroatoms. The highest BCUT2D eigenvalue weighted by molar-refractivity contribution is 5.63. The van der Waals surface area contributed by atoms with E-state index in [-0.39, 0.29) is 11.4 Å². The summed E-state index contributed by atoms with van der Waals surface area (Å²) in [5.41, 5.74) is 1.15. The quantitative estimate of drug-likeness (QED) is 0.493. The molecule has 0 saturated carbocycles. The molecular weight excluding hydrogens is 236 g/mol. The summed E-state index contributed by atoms with van der Waals surface area (Å²) in [6.07, 6.45) is 1.57. The number of aryl methyl sites for hydroxylation is 1. The number of rotatable bonds is 4. The second kappa shape index (κ2) is 4.79. The van der Waals surface area contributed by atoms with E-state index in [1.807, 2.05) is 13.0 Å². The SMILES string of the molecule is Cc1ccoc1CNc1ccc(O)cc1[N+](=O)[O-]. The smallest absolute Gasteiger partial charge is 0.296 e. The Morgan fingerprint density at radius 2 is 2.22 bits per heavy atom. The number of nitrogens with one attached hydrogen (secondary N) is 1. The van der Waals surface area contributed by atoms with E-state index in [1.54, 1.807) is 6.26 Å². The number of anilines is 1. The third-order valence-electron chi connectivity index (χ3n) is 2.59. The van der Waals surface area contributed by atoms with Crippen molar-refractivity contribution in [3.05, 3.63) is 52.0 Å². The minimum atomic E-state index is -0.545. The molecule has 0 radical (unpaired) electrons. The van der Waals surface area contributed by atoms with Gasteiger partial charge >= 0.3 is 0 Å². The number of hydrogen-bond donors (Lipinski definition) is 2. The van der Waals surface area contributed by atoms with E-state index in [0.717, 1.165) is 17.4 Å². The van der Waals surface area contributed by atoms with Gasteiger partial charge in [0.25, 0.3) is 5.69 Å². The summed E-state index contributed by atoms with van der Waals surface area (Å²) in [5, 5.41) is 23.0. The summed E-state index contributed by atoms with van der Waals surface area (Å²) in [6, 6.07) is 5.79. The summed E-state index contributed by atoms with van der Waals surface area (Å²) in [7, 11) is 0. The van der Waals surface area contributed by atoms with Gasteiger partial charge in [-0.05, 0) is 30.7 Å². The standard InChI is InChI=1S/C12H12N2O4/c1-8-4-5-18-12(8)7-13-10-3-2-9(15)6-11(10)14(16)17/h2-6,13,15H,7H2,1H3. The van der Waals surface area contributed by atoms with Crippen LogP contribution in [-0.4, -0.2) is 10.0 Å². The Morgan fingerprint density at radius 3 is 2.83 bits per heavy atom. The zero-order valence-corrected chi connectivity index (χ0v) is 9.71. The normalized spacial score (nSPS) is 10.3. The van der Waals surface area contributed by atoms with Crippen molar-refractivity contribution >= 4 is 11.4 Å². The van der Waals surface area contributed by atoms with Gasteiger partial charge in [0.15, 0.2) is 0 Å². The largest absolute Gasteiger partial charge is 0.508 e. The summed E-state index contributed by atoms with van der Waals surface area (Å²) in [6.45, 7) is 2.25. The molecule has 0 bridgehead atoms. The first-order chi connectivity index (χ1) is 8.58. The summed E-state index contributed by atoms with van der Waals surface area (Å²) < 4.78 is 5.23. The molecule has 0 amide bonds. The molecule has 2 rings (SSSR count). The first kappa shape index (κ1) is 12.0. The third kappa shape index (κ3) is 2.42. The zero-order valence-electron chi connectivity index (χ0n) is 9.71. The Hall–Kier alpha value is -2.50. The van der Waals surface area contributed by atoms with Gasteiger partial charge < -0.3 is 14.8 Å². The monoisotopic (exact) mass is 248 g/mol. The number of nitrogens with zero attached hydrogens (tertiary/aromatic N) is 1. The van der Waals surface area contributed by atoms with Crippen LogP contribution in [0.5, 0.6) is 5.75 Å². The lowest BCUT2D eigenvalue weighted by Crippen LogP contribution is -2.02. The number of benzene rings is 1. The van der Waals surface area contributed by atoms with Crippen LogP contribution in [0.2, 0.25) is 0 Å². The maximum atomic E-state index is 10.8. The predicted octanol–water partition coefficient (Wildman–Crippen LogP) is 2.81. The first-order valence-electron chi connectivity index (χ1n) is 5.32. The van der Waals surface area contributed by atoms with Crippen LogP contribution >= 0.6 is 0 Å². The van der Waals surface area contributed by atoms with Crippen LogP contribution in [0.15, 0.2) is 34.9 Å². The van der Waals surface area contributed by atoms with E-state index in [9.17, 15) is 15.2 Å². The molecule has 1 aromatic heterocycles.